The predicted molar refractivity (Wildman–Crippen MR) is 92.1 cm³/mol. The highest BCUT2D eigenvalue weighted by atomic mass is 15.3. The summed E-state index contributed by atoms with van der Waals surface area (Å²) in [6, 6.07) is 2.09. The molecule has 0 amide bonds. The van der Waals surface area contributed by atoms with Gasteiger partial charge >= 0.3 is 0 Å². The predicted octanol–water partition coefficient (Wildman–Crippen LogP) is 1.12. The smallest absolute Gasteiger partial charge is 0.160 e. The quantitative estimate of drug-likeness (QED) is 0.846. The molecule has 0 unspecified atom stereocenters. The lowest BCUT2D eigenvalue weighted by Gasteiger charge is -2.32. The molecule has 0 bridgehead atoms. The molecule has 6 heteroatoms. The van der Waals surface area contributed by atoms with E-state index in [-0.39, 0.29) is 0 Å². The molecule has 2 fully saturated rings. The van der Waals surface area contributed by atoms with Crippen LogP contribution >= 0.6 is 0 Å². The first-order valence-corrected chi connectivity index (χ1v) is 8.79. The van der Waals surface area contributed by atoms with Gasteiger partial charge in [0.1, 0.15) is 5.82 Å². The largest absolute Gasteiger partial charge is 0.357 e. The zero-order chi connectivity index (χ0) is 15.6. The van der Waals surface area contributed by atoms with Crippen molar-refractivity contribution in [3.05, 3.63) is 24.0 Å². The van der Waals surface area contributed by atoms with Gasteiger partial charge in [-0.2, -0.15) is 5.10 Å². The number of fused-ring (bicyclic) bond motifs is 1. The van der Waals surface area contributed by atoms with Crippen molar-refractivity contribution in [1.82, 2.24) is 24.4 Å². The minimum absolute atomic E-state index is 1.03. The molecular weight excluding hydrogens is 288 g/mol. The van der Waals surface area contributed by atoms with Crippen LogP contribution < -0.4 is 4.90 Å². The molecule has 2 aromatic heterocycles. The highest BCUT2D eigenvalue weighted by molar-refractivity contribution is 5.53. The molecule has 23 heavy (non-hydrogen) atoms. The van der Waals surface area contributed by atoms with E-state index in [0.29, 0.717) is 0 Å². The van der Waals surface area contributed by atoms with Crippen molar-refractivity contribution in [3.8, 4) is 0 Å². The summed E-state index contributed by atoms with van der Waals surface area (Å²) in [4.78, 5) is 12.2. The Morgan fingerprint density at radius 2 is 1.83 bits per heavy atom. The minimum atomic E-state index is 1.03. The molecule has 0 radical (unpaired) electrons. The lowest BCUT2D eigenvalue weighted by molar-refractivity contribution is 0.155. The Hall–Kier alpha value is -1.66. The molecule has 0 spiro atoms. The second kappa shape index (κ2) is 6.45. The molecule has 2 aliphatic rings. The Morgan fingerprint density at radius 1 is 1.04 bits per heavy atom. The van der Waals surface area contributed by atoms with Crippen LogP contribution in [0.25, 0.3) is 5.65 Å². The van der Waals surface area contributed by atoms with E-state index in [0.717, 1.165) is 37.5 Å². The van der Waals surface area contributed by atoms with Gasteiger partial charge < -0.3 is 14.7 Å². The van der Waals surface area contributed by atoms with Gasteiger partial charge in [-0.3, -0.25) is 0 Å². The molecule has 0 aliphatic carbocycles. The molecule has 0 atom stereocenters. The van der Waals surface area contributed by atoms with Crippen LogP contribution in [0, 0.1) is 0 Å². The first-order chi connectivity index (χ1) is 11.3. The average Bonchev–Trinajstić information content (AvgIpc) is 3.24. The van der Waals surface area contributed by atoms with Gasteiger partial charge in [0.2, 0.25) is 0 Å². The van der Waals surface area contributed by atoms with Crippen LogP contribution in [0.2, 0.25) is 0 Å². The first-order valence-electron chi connectivity index (χ1n) is 8.79. The van der Waals surface area contributed by atoms with Crippen LogP contribution in [0.15, 0.2) is 18.5 Å². The minimum Gasteiger partial charge on any atom is -0.357 e. The van der Waals surface area contributed by atoms with Gasteiger partial charge in [0.15, 0.2) is 5.65 Å². The standard InChI is InChI=1S/C17H26N6/c1-20-10-12-21(13-11-20)8-4-15-14-18-23-9-5-16(19-17(15)23)22-6-2-3-7-22/h5,9,14H,2-4,6-8,10-13H2,1H3. The van der Waals surface area contributed by atoms with Crippen molar-refractivity contribution in [2.45, 2.75) is 19.3 Å². The third-order valence-electron chi connectivity index (χ3n) is 5.15. The monoisotopic (exact) mass is 314 g/mol. The van der Waals surface area contributed by atoms with E-state index < -0.39 is 0 Å². The van der Waals surface area contributed by atoms with Crippen LogP contribution in [0.4, 0.5) is 5.82 Å². The molecule has 6 nitrogen and oxygen atoms in total. The Labute approximate surface area is 137 Å². The first kappa shape index (κ1) is 14.9. The third kappa shape index (κ3) is 3.19. The number of rotatable bonds is 4. The highest BCUT2D eigenvalue weighted by Gasteiger charge is 2.17. The fourth-order valence-electron chi connectivity index (χ4n) is 3.56. The lowest BCUT2D eigenvalue weighted by atomic mass is 10.2. The van der Waals surface area contributed by atoms with E-state index in [9.17, 15) is 0 Å². The van der Waals surface area contributed by atoms with E-state index in [1.807, 2.05) is 10.7 Å². The fraction of sp³-hybridized carbons (Fsp3) is 0.647. The van der Waals surface area contributed by atoms with Crippen molar-refractivity contribution < 1.29 is 0 Å². The maximum atomic E-state index is 4.89. The molecule has 0 N–H and O–H groups in total. The molecule has 0 saturated carbocycles. The normalized spacial score (nSPS) is 20.7. The van der Waals surface area contributed by atoms with E-state index in [4.69, 9.17) is 4.98 Å². The van der Waals surface area contributed by atoms with Crippen molar-refractivity contribution in [1.29, 1.82) is 0 Å². The number of hydrogen-bond donors (Lipinski definition) is 0. The molecule has 124 valence electrons. The Balaban J connectivity index is 1.47. The van der Waals surface area contributed by atoms with Crippen LogP contribution in [0.1, 0.15) is 18.4 Å². The second-order valence-electron chi connectivity index (χ2n) is 6.81. The van der Waals surface area contributed by atoms with Crippen molar-refractivity contribution >= 4 is 11.5 Å². The average molecular weight is 314 g/mol. The van der Waals surface area contributed by atoms with Gasteiger partial charge in [0, 0.05) is 57.6 Å². The zero-order valence-corrected chi connectivity index (χ0v) is 14.0. The molecule has 2 saturated heterocycles. The van der Waals surface area contributed by atoms with Gasteiger partial charge in [0.05, 0.1) is 6.20 Å². The van der Waals surface area contributed by atoms with E-state index in [2.05, 4.69) is 39.1 Å². The number of anilines is 1. The van der Waals surface area contributed by atoms with E-state index in [1.165, 1.54) is 44.6 Å². The Morgan fingerprint density at radius 3 is 2.61 bits per heavy atom. The fourth-order valence-corrected chi connectivity index (χ4v) is 3.56. The lowest BCUT2D eigenvalue weighted by Crippen LogP contribution is -2.45. The van der Waals surface area contributed by atoms with Crippen molar-refractivity contribution in [2.75, 3.05) is 57.8 Å². The van der Waals surface area contributed by atoms with Gasteiger partial charge in [-0.25, -0.2) is 9.50 Å². The Kier molecular flexibility index (Phi) is 4.18. The van der Waals surface area contributed by atoms with Crippen LogP contribution in [0.3, 0.4) is 0 Å². The number of nitrogens with zero attached hydrogens (tertiary/aromatic N) is 6. The highest BCUT2D eigenvalue weighted by Crippen LogP contribution is 2.20. The maximum absolute atomic E-state index is 4.89. The molecular formula is C17H26N6. The number of aromatic nitrogens is 3. The van der Waals surface area contributed by atoms with E-state index in [1.54, 1.807) is 0 Å². The van der Waals surface area contributed by atoms with Crippen LogP contribution in [0.5, 0.6) is 0 Å². The van der Waals surface area contributed by atoms with Gasteiger partial charge in [-0.1, -0.05) is 0 Å². The third-order valence-corrected chi connectivity index (χ3v) is 5.15. The van der Waals surface area contributed by atoms with E-state index >= 15 is 0 Å². The summed E-state index contributed by atoms with van der Waals surface area (Å²) in [7, 11) is 2.20. The van der Waals surface area contributed by atoms with Gasteiger partial charge in [0.25, 0.3) is 0 Å². The summed E-state index contributed by atoms with van der Waals surface area (Å²) in [6.07, 6.45) is 7.63. The second-order valence-corrected chi connectivity index (χ2v) is 6.81. The molecule has 2 aromatic rings. The molecule has 2 aliphatic heterocycles. The maximum Gasteiger partial charge on any atom is 0.160 e. The van der Waals surface area contributed by atoms with Crippen molar-refractivity contribution in [2.24, 2.45) is 0 Å². The summed E-state index contributed by atoms with van der Waals surface area (Å²) >= 11 is 0. The zero-order valence-electron chi connectivity index (χ0n) is 14.0. The summed E-state index contributed by atoms with van der Waals surface area (Å²) in [5.41, 5.74) is 2.30. The molecule has 4 rings (SSSR count). The van der Waals surface area contributed by atoms with Crippen LogP contribution in [-0.4, -0.2) is 77.3 Å². The number of likely N-dealkylation sites (N-methyl/N-ethyl adjacent to an activating group) is 1. The SMILES string of the molecule is CN1CCN(CCc2cnn3ccc(N4CCCC4)nc23)CC1. The number of hydrogen-bond acceptors (Lipinski definition) is 5. The summed E-state index contributed by atoms with van der Waals surface area (Å²) in [5, 5.41) is 4.47. The molecule has 4 heterocycles. The topological polar surface area (TPSA) is 39.9 Å². The van der Waals surface area contributed by atoms with Gasteiger partial charge in [-0.05, 0) is 32.4 Å². The van der Waals surface area contributed by atoms with Crippen molar-refractivity contribution in [3.63, 3.8) is 0 Å². The number of piperazine rings is 1. The Bertz CT molecular complexity index is 652. The summed E-state index contributed by atoms with van der Waals surface area (Å²) in [5.74, 6) is 1.11. The summed E-state index contributed by atoms with van der Waals surface area (Å²) < 4.78 is 1.92. The van der Waals surface area contributed by atoms with Gasteiger partial charge in [-0.15, -0.1) is 0 Å². The molecule has 0 aromatic carbocycles. The van der Waals surface area contributed by atoms with Crippen LogP contribution in [-0.2, 0) is 6.42 Å². The summed E-state index contributed by atoms with van der Waals surface area (Å²) in [6.45, 7) is 8.05.